The molecule has 0 saturated carbocycles. The van der Waals surface area contributed by atoms with Crippen LogP contribution in [-0.2, 0) is 20.9 Å². The molecule has 1 aromatic heterocycles. The summed E-state index contributed by atoms with van der Waals surface area (Å²) in [5.41, 5.74) is 2.18. The lowest BCUT2D eigenvalue weighted by molar-refractivity contribution is 0.273. The zero-order chi connectivity index (χ0) is 12.5. The van der Waals surface area contributed by atoms with E-state index in [0.29, 0.717) is 16.8 Å². The number of fused-ring (bicyclic) bond motifs is 1. The molecule has 92 valence electrons. The van der Waals surface area contributed by atoms with Crippen molar-refractivity contribution < 1.29 is 18.2 Å². The second-order valence-electron chi connectivity index (χ2n) is 3.28. The van der Waals surface area contributed by atoms with Gasteiger partial charge >= 0.3 is 6.72 Å². The van der Waals surface area contributed by atoms with Gasteiger partial charge in [-0.2, -0.15) is 0 Å². The summed E-state index contributed by atoms with van der Waals surface area (Å²) in [6.45, 7) is -0.850. The van der Waals surface area contributed by atoms with Crippen LogP contribution in [0.5, 0.6) is 5.75 Å². The maximum absolute atomic E-state index is 5.53. The van der Waals surface area contributed by atoms with Crippen molar-refractivity contribution in [3.05, 3.63) is 17.7 Å². The summed E-state index contributed by atoms with van der Waals surface area (Å²) in [5, 5.41) is 7.53. The zero-order valence-corrected chi connectivity index (χ0v) is 11.2. The Morgan fingerprint density at radius 3 is 2.59 bits per heavy atom. The average Bonchev–Trinajstić information content (AvgIpc) is 2.77. The summed E-state index contributed by atoms with van der Waals surface area (Å²) < 4.78 is 20.3. The number of hydrogen-bond donors (Lipinski definition) is 0. The Bertz CT molecular complexity index is 577. The van der Waals surface area contributed by atoms with Gasteiger partial charge in [-0.1, -0.05) is 0 Å². The van der Waals surface area contributed by atoms with E-state index in [1.165, 1.54) is 14.2 Å². The van der Waals surface area contributed by atoms with E-state index >= 15 is 0 Å². The fourth-order valence-electron chi connectivity index (χ4n) is 1.35. The van der Waals surface area contributed by atoms with E-state index in [1.807, 2.05) is 6.92 Å². The minimum atomic E-state index is -2.73. The Labute approximate surface area is 103 Å². The molecule has 0 aliphatic rings. The summed E-state index contributed by atoms with van der Waals surface area (Å²) in [7, 11) is 2.90. The predicted octanol–water partition coefficient (Wildman–Crippen LogP) is 2.43. The fourth-order valence-corrected chi connectivity index (χ4v) is 2.27. The molecule has 17 heavy (non-hydrogen) atoms. The lowest BCUT2D eigenvalue weighted by Crippen LogP contribution is -1.97. The molecule has 1 aromatic carbocycles. The van der Waals surface area contributed by atoms with Gasteiger partial charge in [0, 0.05) is 32.1 Å². The van der Waals surface area contributed by atoms with Gasteiger partial charge in [-0.15, -0.1) is 0 Å². The SMILES string of the molecule is COP(=S)(OC)Oc1cc(C)c2nonc2c1. The smallest absolute Gasteiger partial charge is 0.380 e. The third-order valence-electron chi connectivity index (χ3n) is 2.19. The molecule has 2 rings (SSSR count). The predicted molar refractivity (Wildman–Crippen MR) is 65.5 cm³/mol. The number of aromatic nitrogens is 2. The lowest BCUT2D eigenvalue weighted by atomic mass is 10.2. The highest BCUT2D eigenvalue weighted by Crippen LogP contribution is 2.48. The number of nitrogens with zero attached hydrogens (tertiary/aromatic N) is 2. The van der Waals surface area contributed by atoms with Crippen LogP contribution in [0.25, 0.3) is 11.0 Å². The number of aryl methyl sites for hydroxylation is 1. The molecule has 8 heteroatoms. The first-order valence-corrected chi connectivity index (χ1v) is 7.27. The summed E-state index contributed by atoms with van der Waals surface area (Å²) in [6.07, 6.45) is 0. The quantitative estimate of drug-likeness (QED) is 0.793. The van der Waals surface area contributed by atoms with Crippen LogP contribution in [0.2, 0.25) is 0 Å². The van der Waals surface area contributed by atoms with Crippen molar-refractivity contribution >= 4 is 29.6 Å². The number of benzene rings is 1. The van der Waals surface area contributed by atoms with Crippen molar-refractivity contribution in [2.24, 2.45) is 0 Å². The maximum Gasteiger partial charge on any atom is 0.380 e. The van der Waals surface area contributed by atoms with Crippen LogP contribution in [0.15, 0.2) is 16.8 Å². The van der Waals surface area contributed by atoms with E-state index in [-0.39, 0.29) is 0 Å². The van der Waals surface area contributed by atoms with Crippen molar-refractivity contribution in [3.63, 3.8) is 0 Å². The Kier molecular flexibility index (Phi) is 3.44. The van der Waals surface area contributed by atoms with Gasteiger partial charge in [0.1, 0.15) is 16.8 Å². The molecular formula is C9H11N2O4PS. The zero-order valence-electron chi connectivity index (χ0n) is 9.54. The van der Waals surface area contributed by atoms with Crippen LogP contribution in [0.1, 0.15) is 5.56 Å². The highest BCUT2D eigenvalue weighted by atomic mass is 32.5. The van der Waals surface area contributed by atoms with Gasteiger partial charge < -0.3 is 13.6 Å². The molecule has 0 unspecified atom stereocenters. The minimum Gasteiger partial charge on any atom is -0.424 e. The highest BCUT2D eigenvalue weighted by molar-refractivity contribution is 8.07. The van der Waals surface area contributed by atoms with E-state index in [9.17, 15) is 0 Å². The Morgan fingerprint density at radius 2 is 1.94 bits per heavy atom. The summed E-state index contributed by atoms with van der Waals surface area (Å²) in [6, 6.07) is 3.46. The molecule has 1 heterocycles. The van der Waals surface area contributed by atoms with Crippen molar-refractivity contribution in [3.8, 4) is 5.75 Å². The van der Waals surface area contributed by atoms with E-state index in [1.54, 1.807) is 12.1 Å². The molecule has 0 fully saturated rings. The molecule has 0 N–H and O–H groups in total. The molecule has 0 aliphatic heterocycles. The van der Waals surface area contributed by atoms with Crippen LogP contribution in [-0.4, -0.2) is 24.5 Å². The minimum absolute atomic E-state index is 0.526. The van der Waals surface area contributed by atoms with Gasteiger partial charge in [-0.3, -0.25) is 0 Å². The molecule has 6 nitrogen and oxygen atoms in total. The third-order valence-corrected chi connectivity index (χ3v) is 4.64. The van der Waals surface area contributed by atoms with Gasteiger partial charge in [0.05, 0.1) is 0 Å². The molecule has 0 bridgehead atoms. The molecule has 0 radical (unpaired) electrons. The first kappa shape index (κ1) is 12.4. The van der Waals surface area contributed by atoms with E-state index < -0.39 is 6.72 Å². The Morgan fingerprint density at radius 1 is 1.24 bits per heavy atom. The fraction of sp³-hybridized carbons (Fsp3) is 0.333. The Balaban J connectivity index is 2.39. The average molecular weight is 274 g/mol. The highest BCUT2D eigenvalue weighted by Gasteiger charge is 2.19. The largest absolute Gasteiger partial charge is 0.424 e. The third kappa shape index (κ3) is 2.47. The van der Waals surface area contributed by atoms with Crippen LogP contribution in [0.3, 0.4) is 0 Å². The Hall–Kier alpha value is -1.01. The van der Waals surface area contributed by atoms with Gasteiger partial charge in [0.15, 0.2) is 0 Å². The maximum atomic E-state index is 5.53. The second-order valence-corrected chi connectivity index (χ2v) is 6.42. The number of rotatable bonds is 4. The van der Waals surface area contributed by atoms with Crippen LogP contribution in [0.4, 0.5) is 0 Å². The van der Waals surface area contributed by atoms with E-state index in [2.05, 4.69) is 14.9 Å². The van der Waals surface area contributed by atoms with Gasteiger partial charge in [-0.25, -0.2) is 4.63 Å². The molecule has 0 aliphatic carbocycles. The first-order chi connectivity index (χ1) is 8.08. The molecule has 0 amide bonds. The molecular weight excluding hydrogens is 263 g/mol. The summed E-state index contributed by atoms with van der Waals surface area (Å²) >= 11 is 5.12. The van der Waals surface area contributed by atoms with E-state index in [0.717, 1.165) is 5.56 Å². The standard InChI is InChI=1S/C9H11N2O4PS/c1-6-4-7(14-16(17,12-2)13-3)5-8-9(6)11-15-10-8/h4-5H,1-3H3. The van der Waals surface area contributed by atoms with Crippen molar-refractivity contribution in [1.29, 1.82) is 0 Å². The molecule has 0 saturated heterocycles. The van der Waals surface area contributed by atoms with Gasteiger partial charge in [-0.05, 0) is 28.9 Å². The summed E-state index contributed by atoms with van der Waals surface area (Å²) in [4.78, 5) is 0. The monoisotopic (exact) mass is 274 g/mol. The van der Waals surface area contributed by atoms with Gasteiger partial charge in [0.2, 0.25) is 0 Å². The van der Waals surface area contributed by atoms with Crippen LogP contribution in [0, 0.1) is 6.92 Å². The van der Waals surface area contributed by atoms with Crippen LogP contribution >= 0.6 is 6.72 Å². The van der Waals surface area contributed by atoms with Gasteiger partial charge in [0.25, 0.3) is 0 Å². The topological polar surface area (TPSA) is 66.6 Å². The van der Waals surface area contributed by atoms with Crippen LogP contribution < -0.4 is 4.52 Å². The van der Waals surface area contributed by atoms with E-state index in [4.69, 9.17) is 25.4 Å². The molecule has 0 spiro atoms. The van der Waals surface area contributed by atoms with Crippen molar-refractivity contribution in [2.75, 3.05) is 14.2 Å². The number of hydrogen-bond acceptors (Lipinski definition) is 7. The lowest BCUT2D eigenvalue weighted by Gasteiger charge is -2.18. The second kappa shape index (κ2) is 4.70. The first-order valence-electron chi connectivity index (χ1n) is 4.72. The molecule has 2 aromatic rings. The molecule has 0 atom stereocenters. The summed E-state index contributed by atoms with van der Waals surface area (Å²) in [5.74, 6) is 0.526. The van der Waals surface area contributed by atoms with Crippen molar-refractivity contribution in [1.82, 2.24) is 10.3 Å². The van der Waals surface area contributed by atoms with Crippen molar-refractivity contribution in [2.45, 2.75) is 6.92 Å². The normalized spacial score (nSPS) is 11.9.